The summed E-state index contributed by atoms with van der Waals surface area (Å²) in [5, 5.41) is 2.67. The van der Waals surface area contributed by atoms with Crippen LogP contribution in [0.4, 0.5) is 9.59 Å². The molecule has 3 rings (SSSR count). The molecule has 1 saturated carbocycles. The Labute approximate surface area is 241 Å². The van der Waals surface area contributed by atoms with Crippen LogP contribution in [-0.4, -0.2) is 91.6 Å². The summed E-state index contributed by atoms with van der Waals surface area (Å²) in [6.45, 7) is 7.65. The van der Waals surface area contributed by atoms with E-state index in [1.165, 1.54) is 19.1 Å². The summed E-state index contributed by atoms with van der Waals surface area (Å²) in [6.07, 6.45) is 0.00870. The number of hydrogen-bond acceptors (Lipinski definition) is 9. The first-order chi connectivity index (χ1) is 18.3. The van der Waals surface area contributed by atoms with Crippen LogP contribution in [0.1, 0.15) is 63.4 Å². The molecule has 0 bridgehead atoms. The maximum Gasteiger partial charge on any atom is 0.410 e. The van der Waals surface area contributed by atoms with E-state index >= 15 is 0 Å². The van der Waals surface area contributed by atoms with Gasteiger partial charge in [-0.2, -0.15) is 0 Å². The van der Waals surface area contributed by atoms with Gasteiger partial charge < -0.3 is 34.1 Å². The zero-order valence-electron chi connectivity index (χ0n) is 23.3. The number of amides is 3. The summed E-state index contributed by atoms with van der Waals surface area (Å²) in [5.41, 5.74) is 0.358. The highest BCUT2D eigenvalue weighted by Crippen LogP contribution is 2.40. The van der Waals surface area contributed by atoms with Crippen molar-refractivity contribution in [2.75, 3.05) is 33.9 Å². The first-order valence-corrected chi connectivity index (χ1v) is 14.6. The number of morpholine rings is 1. The van der Waals surface area contributed by atoms with Crippen LogP contribution in [0.15, 0.2) is 9.85 Å². The minimum atomic E-state index is -1.09. The number of carbonyl (C=O) groups excluding carboxylic acids is 4. The SMILES string of the molecule is COC(=O)NCCCc1cc([C@@H](C)N(C(=O)[C@H]2CN(C(=O)OC(C)(C)C)C[C@@H](C(=O)OC)O2)C2CC2)sc1Br. The molecule has 1 aromatic rings. The van der Waals surface area contributed by atoms with E-state index in [-0.39, 0.29) is 31.1 Å². The Morgan fingerprint density at radius 2 is 1.85 bits per heavy atom. The smallest absolute Gasteiger partial charge is 0.410 e. The lowest BCUT2D eigenvalue weighted by atomic mass is 10.1. The van der Waals surface area contributed by atoms with E-state index in [4.69, 9.17) is 14.2 Å². The van der Waals surface area contributed by atoms with Crippen LogP contribution in [0.2, 0.25) is 0 Å². The molecule has 1 aliphatic heterocycles. The zero-order chi connectivity index (χ0) is 28.9. The van der Waals surface area contributed by atoms with E-state index in [1.54, 1.807) is 32.1 Å². The summed E-state index contributed by atoms with van der Waals surface area (Å²) in [7, 11) is 2.57. The second kappa shape index (κ2) is 13.3. The number of esters is 1. The second-order valence-corrected chi connectivity index (χ2v) is 13.0. The van der Waals surface area contributed by atoms with Gasteiger partial charge in [-0.15, -0.1) is 11.3 Å². The van der Waals surface area contributed by atoms with Gasteiger partial charge in [-0.25, -0.2) is 14.4 Å². The second-order valence-electron chi connectivity index (χ2n) is 10.6. The van der Waals surface area contributed by atoms with Crippen molar-refractivity contribution in [3.8, 4) is 0 Å². The molecule has 0 aromatic carbocycles. The quantitative estimate of drug-likeness (QED) is 0.246. The van der Waals surface area contributed by atoms with Crippen LogP contribution >= 0.6 is 27.3 Å². The van der Waals surface area contributed by atoms with Crippen LogP contribution in [-0.2, 0) is 35.0 Å². The van der Waals surface area contributed by atoms with Crippen molar-refractivity contribution in [3.05, 3.63) is 20.3 Å². The van der Waals surface area contributed by atoms with Crippen LogP contribution < -0.4 is 5.32 Å². The third kappa shape index (κ3) is 8.55. The lowest BCUT2D eigenvalue weighted by Gasteiger charge is -2.39. The number of methoxy groups -OCH3 is 2. The van der Waals surface area contributed by atoms with Crippen molar-refractivity contribution in [2.45, 2.75) is 83.3 Å². The molecule has 0 radical (unpaired) electrons. The molecule has 3 atom stereocenters. The Balaban J connectivity index is 1.75. The molecule has 2 aliphatic rings. The predicted molar refractivity (Wildman–Crippen MR) is 148 cm³/mol. The standard InChI is InChI=1S/C26H38BrN3O8S/c1-15(20-12-16(21(27)39-20)8-7-11-28-24(33)36-6)30(17-9-10-17)22(31)18-13-29(25(34)38-26(2,3)4)14-19(37-18)23(32)35-5/h12,15,17-19H,7-11,13-14H2,1-6H3,(H,28,33)/t15-,18-,19+/m1/s1. The van der Waals surface area contributed by atoms with Crippen LogP contribution in [0.25, 0.3) is 0 Å². The summed E-state index contributed by atoms with van der Waals surface area (Å²) in [4.78, 5) is 54.6. The van der Waals surface area contributed by atoms with Gasteiger partial charge in [0.1, 0.15) is 5.60 Å². The number of rotatable bonds is 9. The van der Waals surface area contributed by atoms with E-state index in [0.717, 1.165) is 39.9 Å². The molecule has 0 spiro atoms. The topological polar surface area (TPSA) is 124 Å². The molecule has 2 fully saturated rings. The molecular weight excluding hydrogens is 594 g/mol. The minimum Gasteiger partial charge on any atom is -0.467 e. The molecule has 13 heteroatoms. The van der Waals surface area contributed by atoms with Gasteiger partial charge in [-0.3, -0.25) is 4.79 Å². The molecule has 2 heterocycles. The van der Waals surface area contributed by atoms with Crippen LogP contribution in [0.5, 0.6) is 0 Å². The molecule has 3 amide bonds. The van der Waals surface area contributed by atoms with Crippen molar-refractivity contribution < 1.29 is 38.1 Å². The Morgan fingerprint density at radius 1 is 1.18 bits per heavy atom. The van der Waals surface area contributed by atoms with Crippen molar-refractivity contribution in [1.82, 2.24) is 15.1 Å². The first-order valence-electron chi connectivity index (χ1n) is 13.0. The number of ether oxygens (including phenoxy) is 4. The number of hydrogen-bond donors (Lipinski definition) is 1. The highest BCUT2D eigenvalue weighted by molar-refractivity contribution is 9.11. The number of carbonyl (C=O) groups is 4. The van der Waals surface area contributed by atoms with Gasteiger partial charge >= 0.3 is 18.2 Å². The fourth-order valence-electron chi connectivity index (χ4n) is 4.32. The number of halogens is 1. The minimum absolute atomic E-state index is 0.0240. The maximum atomic E-state index is 13.9. The Morgan fingerprint density at radius 3 is 2.44 bits per heavy atom. The van der Waals surface area contributed by atoms with Crippen molar-refractivity contribution >= 4 is 51.3 Å². The van der Waals surface area contributed by atoms with Gasteiger partial charge in [0.15, 0.2) is 12.2 Å². The molecule has 39 heavy (non-hydrogen) atoms. The summed E-state index contributed by atoms with van der Waals surface area (Å²) >= 11 is 5.20. The normalized spacial score (nSPS) is 20.1. The fourth-order valence-corrected chi connectivity index (χ4v) is 6.18. The molecule has 0 unspecified atom stereocenters. The van der Waals surface area contributed by atoms with Crippen molar-refractivity contribution in [1.29, 1.82) is 0 Å². The van der Waals surface area contributed by atoms with Gasteiger partial charge in [-0.05, 0) is 80.9 Å². The lowest BCUT2D eigenvalue weighted by Crippen LogP contribution is -2.58. The maximum absolute atomic E-state index is 13.9. The predicted octanol–water partition coefficient (Wildman–Crippen LogP) is 4.03. The molecule has 1 aromatic heterocycles. The van der Waals surface area contributed by atoms with Crippen molar-refractivity contribution in [2.24, 2.45) is 0 Å². The molecule has 1 saturated heterocycles. The number of nitrogens with zero attached hydrogens (tertiary/aromatic N) is 2. The average Bonchev–Trinajstić information content (AvgIpc) is 3.65. The van der Waals surface area contributed by atoms with Crippen LogP contribution in [0, 0.1) is 0 Å². The third-order valence-corrected chi connectivity index (χ3v) is 8.50. The number of alkyl carbamates (subject to hydrolysis) is 1. The van der Waals surface area contributed by atoms with Crippen LogP contribution in [0.3, 0.4) is 0 Å². The zero-order valence-corrected chi connectivity index (χ0v) is 25.7. The molecule has 1 N–H and O–H groups in total. The number of thiophene rings is 1. The fraction of sp³-hybridized carbons (Fsp3) is 0.692. The molecule has 11 nitrogen and oxygen atoms in total. The third-order valence-electron chi connectivity index (χ3n) is 6.37. The Bertz CT molecular complexity index is 1050. The van der Waals surface area contributed by atoms with E-state index < -0.39 is 36.0 Å². The van der Waals surface area contributed by atoms with E-state index in [1.807, 2.05) is 11.8 Å². The van der Waals surface area contributed by atoms with Gasteiger partial charge in [0.2, 0.25) is 0 Å². The lowest BCUT2D eigenvalue weighted by molar-refractivity contribution is -0.175. The Kier molecular flexibility index (Phi) is 10.6. The van der Waals surface area contributed by atoms with Gasteiger partial charge in [0.05, 0.1) is 37.1 Å². The number of aryl methyl sites for hydroxylation is 1. The van der Waals surface area contributed by atoms with Gasteiger partial charge in [0, 0.05) is 17.5 Å². The average molecular weight is 633 g/mol. The summed E-state index contributed by atoms with van der Waals surface area (Å²) < 4.78 is 21.8. The molecule has 218 valence electrons. The molecule has 1 aliphatic carbocycles. The highest BCUT2D eigenvalue weighted by atomic mass is 79.9. The number of nitrogens with one attached hydrogen (secondary N) is 1. The van der Waals surface area contributed by atoms with Gasteiger partial charge in [-0.1, -0.05) is 0 Å². The van der Waals surface area contributed by atoms with Crippen molar-refractivity contribution in [3.63, 3.8) is 0 Å². The monoisotopic (exact) mass is 631 g/mol. The first kappa shape index (κ1) is 31.2. The Hall–Kier alpha value is -2.38. The summed E-state index contributed by atoms with van der Waals surface area (Å²) in [5.74, 6) is -0.930. The van der Waals surface area contributed by atoms with Gasteiger partial charge in [0.25, 0.3) is 5.91 Å². The highest BCUT2D eigenvalue weighted by Gasteiger charge is 2.45. The van der Waals surface area contributed by atoms with E-state index in [2.05, 4.69) is 32.0 Å². The van der Waals surface area contributed by atoms with E-state index in [9.17, 15) is 19.2 Å². The summed E-state index contributed by atoms with van der Waals surface area (Å²) in [6, 6.07) is 1.88. The van der Waals surface area contributed by atoms with E-state index in [0.29, 0.717) is 6.54 Å². The molecular formula is C26H38BrN3O8S. The largest absolute Gasteiger partial charge is 0.467 e.